The summed E-state index contributed by atoms with van der Waals surface area (Å²) < 4.78 is 38.7. The maximum Gasteiger partial charge on any atom is 0.387 e. The van der Waals surface area contributed by atoms with Crippen LogP contribution in [0.3, 0.4) is 0 Å². The van der Waals surface area contributed by atoms with Gasteiger partial charge in [0.15, 0.2) is 6.04 Å². The van der Waals surface area contributed by atoms with Gasteiger partial charge in [0, 0.05) is 18.5 Å². The number of hydrogen-bond acceptors (Lipinski definition) is 8. The standard InChI is InChI=1S/C21H27F2N3O7/c1-12(24-15(27)7-26-8-21(9-26)10-32-11-21)18(29)25-16(19(30)31-2)17(28)13-3-5-14(6-4-13)33-20(22)23/h3-6,12,16-17,20,28H,7-11H2,1-2H3,(H,24,27)(H,25,29)/t12-,16-,17+/m0/s1. The Balaban J connectivity index is 1.54. The van der Waals surface area contributed by atoms with Gasteiger partial charge in [0.1, 0.15) is 17.9 Å². The number of benzene rings is 1. The summed E-state index contributed by atoms with van der Waals surface area (Å²) in [5, 5.41) is 15.5. The van der Waals surface area contributed by atoms with Crippen molar-refractivity contribution >= 4 is 17.8 Å². The second-order valence-corrected chi connectivity index (χ2v) is 8.33. The van der Waals surface area contributed by atoms with Crippen LogP contribution in [0.5, 0.6) is 5.75 Å². The lowest BCUT2D eigenvalue weighted by Gasteiger charge is -2.54. The average molecular weight is 471 g/mol. The molecule has 2 fully saturated rings. The van der Waals surface area contributed by atoms with E-state index in [1.807, 2.05) is 4.90 Å². The van der Waals surface area contributed by atoms with Gasteiger partial charge < -0.3 is 30.0 Å². The number of carbonyl (C=O) groups is 3. The van der Waals surface area contributed by atoms with Crippen molar-refractivity contribution < 1.29 is 42.5 Å². The van der Waals surface area contributed by atoms with Gasteiger partial charge in [0.05, 0.1) is 26.9 Å². The maximum atomic E-state index is 12.6. The van der Waals surface area contributed by atoms with Crippen LogP contribution in [0.2, 0.25) is 0 Å². The molecule has 2 aliphatic heterocycles. The predicted octanol–water partition coefficient (Wildman–Crippen LogP) is -0.184. The number of nitrogens with zero attached hydrogens (tertiary/aromatic N) is 1. The number of aliphatic hydroxyl groups excluding tert-OH is 1. The first-order valence-electron chi connectivity index (χ1n) is 10.3. The molecular weight excluding hydrogens is 444 g/mol. The van der Waals surface area contributed by atoms with Gasteiger partial charge in [-0.15, -0.1) is 0 Å². The molecule has 1 spiro atoms. The molecule has 1 aromatic rings. The SMILES string of the molecule is COC(=O)[C@@H](NC(=O)[C@H](C)NC(=O)CN1CC2(COC2)C1)[C@H](O)c1ccc(OC(F)F)cc1. The highest BCUT2D eigenvalue weighted by atomic mass is 19.3. The molecule has 0 bridgehead atoms. The average Bonchev–Trinajstić information content (AvgIpc) is 2.71. The minimum atomic E-state index is -3.01. The highest BCUT2D eigenvalue weighted by Gasteiger charge is 2.49. The largest absolute Gasteiger partial charge is 0.467 e. The third-order valence-electron chi connectivity index (χ3n) is 5.59. The van der Waals surface area contributed by atoms with Gasteiger partial charge >= 0.3 is 12.6 Å². The number of aliphatic hydroxyl groups is 1. The summed E-state index contributed by atoms with van der Waals surface area (Å²) in [6.45, 7) is 1.50. The normalized spacial score (nSPS) is 19.6. The van der Waals surface area contributed by atoms with Crippen LogP contribution in [0.15, 0.2) is 24.3 Å². The molecule has 2 amide bonds. The van der Waals surface area contributed by atoms with Crippen LogP contribution in [0.25, 0.3) is 0 Å². The van der Waals surface area contributed by atoms with E-state index in [4.69, 9.17) is 4.74 Å². The van der Waals surface area contributed by atoms with E-state index in [0.717, 1.165) is 20.2 Å². The fourth-order valence-electron chi connectivity index (χ4n) is 3.85. The number of hydrogen-bond donors (Lipinski definition) is 3. The van der Waals surface area contributed by atoms with E-state index >= 15 is 0 Å². The molecule has 33 heavy (non-hydrogen) atoms. The molecule has 2 heterocycles. The zero-order valence-corrected chi connectivity index (χ0v) is 18.3. The Hall–Kier alpha value is -2.83. The summed E-state index contributed by atoms with van der Waals surface area (Å²) in [4.78, 5) is 38.9. The lowest BCUT2D eigenvalue weighted by Crippen LogP contribution is -2.67. The van der Waals surface area contributed by atoms with E-state index in [9.17, 15) is 28.3 Å². The predicted molar refractivity (Wildman–Crippen MR) is 109 cm³/mol. The van der Waals surface area contributed by atoms with Crippen molar-refractivity contribution in [2.24, 2.45) is 5.41 Å². The number of carbonyl (C=O) groups excluding carboxylic acids is 3. The van der Waals surface area contributed by atoms with Crippen LogP contribution in [0, 0.1) is 5.41 Å². The Morgan fingerprint density at radius 1 is 1.18 bits per heavy atom. The van der Waals surface area contributed by atoms with Crippen molar-refractivity contribution in [3.63, 3.8) is 0 Å². The molecule has 0 aromatic heterocycles. The van der Waals surface area contributed by atoms with Gasteiger partial charge in [-0.05, 0) is 24.6 Å². The highest BCUT2D eigenvalue weighted by Crippen LogP contribution is 2.37. The van der Waals surface area contributed by atoms with E-state index in [2.05, 4.69) is 20.1 Å². The zero-order chi connectivity index (χ0) is 24.2. The number of nitrogens with one attached hydrogen (secondary N) is 2. The quantitative estimate of drug-likeness (QED) is 0.401. The summed E-state index contributed by atoms with van der Waals surface area (Å²) >= 11 is 0. The van der Waals surface area contributed by atoms with E-state index in [1.165, 1.54) is 31.2 Å². The molecule has 2 saturated heterocycles. The van der Waals surface area contributed by atoms with Crippen molar-refractivity contribution in [3.05, 3.63) is 29.8 Å². The molecule has 0 saturated carbocycles. The van der Waals surface area contributed by atoms with Crippen LogP contribution in [0.1, 0.15) is 18.6 Å². The first-order valence-corrected chi connectivity index (χ1v) is 10.3. The van der Waals surface area contributed by atoms with Crippen molar-refractivity contribution in [3.8, 4) is 5.75 Å². The van der Waals surface area contributed by atoms with Gasteiger partial charge in [-0.3, -0.25) is 14.5 Å². The Labute approximate surface area is 189 Å². The molecule has 2 aliphatic rings. The topological polar surface area (TPSA) is 126 Å². The highest BCUT2D eigenvalue weighted by molar-refractivity contribution is 5.91. The van der Waals surface area contributed by atoms with E-state index in [1.54, 1.807) is 0 Å². The zero-order valence-electron chi connectivity index (χ0n) is 18.3. The molecule has 1 aromatic carbocycles. The van der Waals surface area contributed by atoms with Crippen LogP contribution in [-0.4, -0.2) is 86.4 Å². The number of methoxy groups -OCH3 is 1. The number of amides is 2. The summed E-state index contributed by atoms with van der Waals surface area (Å²) in [6.07, 6.45) is -1.54. The van der Waals surface area contributed by atoms with Crippen molar-refractivity contribution in [1.82, 2.24) is 15.5 Å². The minimum Gasteiger partial charge on any atom is -0.467 e. The van der Waals surface area contributed by atoms with Crippen LogP contribution >= 0.6 is 0 Å². The monoisotopic (exact) mass is 471 g/mol. The second kappa shape index (κ2) is 10.4. The number of halogens is 2. The molecule has 12 heteroatoms. The second-order valence-electron chi connectivity index (χ2n) is 8.33. The van der Waals surface area contributed by atoms with Crippen LogP contribution in [0.4, 0.5) is 8.78 Å². The lowest BCUT2D eigenvalue weighted by molar-refractivity contribution is -0.189. The number of rotatable bonds is 10. The molecule has 0 unspecified atom stereocenters. The third kappa shape index (κ3) is 6.15. The van der Waals surface area contributed by atoms with Gasteiger partial charge in [-0.1, -0.05) is 12.1 Å². The summed E-state index contributed by atoms with van der Waals surface area (Å²) in [5.41, 5.74) is 0.326. The molecule has 3 atom stereocenters. The van der Waals surface area contributed by atoms with Crippen LogP contribution in [-0.2, 0) is 23.9 Å². The van der Waals surface area contributed by atoms with Crippen molar-refractivity contribution in [1.29, 1.82) is 0 Å². The molecule has 182 valence electrons. The van der Waals surface area contributed by atoms with Crippen molar-refractivity contribution in [2.75, 3.05) is 40.0 Å². The summed E-state index contributed by atoms with van der Waals surface area (Å²) in [5.74, 6) is -2.11. The first-order chi connectivity index (χ1) is 15.6. The van der Waals surface area contributed by atoms with Crippen LogP contribution < -0.4 is 15.4 Å². The Morgan fingerprint density at radius 3 is 2.33 bits per heavy atom. The summed E-state index contributed by atoms with van der Waals surface area (Å²) in [6, 6.07) is 2.47. The Morgan fingerprint density at radius 2 is 1.82 bits per heavy atom. The Bertz CT molecular complexity index is 856. The fraction of sp³-hybridized carbons (Fsp3) is 0.571. The molecule has 10 nitrogen and oxygen atoms in total. The first kappa shape index (κ1) is 24.8. The molecule has 0 aliphatic carbocycles. The molecule has 0 radical (unpaired) electrons. The number of ether oxygens (including phenoxy) is 3. The van der Waals surface area contributed by atoms with Gasteiger partial charge in [-0.25, -0.2) is 4.79 Å². The smallest absolute Gasteiger partial charge is 0.387 e. The lowest BCUT2D eigenvalue weighted by atomic mass is 9.78. The fourth-order valence-corrected chi connectivity index (χ4v) is 3.85. The number of esters is 1. The minimum absolute atomic E-state index is 0.131. The maximum absolute atomic E-state index is 12.6. The van der Waals surface area contributed by atoms with Gasteiger partial charge in [0.25, 0.3) is 0 Å². The molecular formula is C21H27F2N3O7. The van der Waals surface area contributed by atoms with E-state index < -0.39 is 36.7 Å². The van der Waals surface area contributed by atoms with E-state index in [-0.39, 0.29) is 29.2 Å². The van der Waals surface area contributed by atoms with E-state index in [0.29, 0.717) is 13.2 Å². The Kier molecular flexibility index (Phi) is 7.82. The third-order valence-corrected chi connectivity index (χ3v) is 5.59. The van der Waals surface area contributed by atoms with Crippen molar-refractivity contribution in [2.45, 2.75) is 31.7 Å². The summed E-state index contributed by atoms with van der Waals surface area (Å²) in [7, 11) is 1.09. The number of likely N-dealkylation sites (tertiary alicyclic amines) is 1. The van der Waals surface area contributed by atoms with Gasteiger partial charge in [-0.2, -0.15) is 8.78 Å². The van der Waals surface area contributed by atoms with Gasteiger partial charge in [0.2, 0.25) is 11.8 Å². The number of alkyl halides is 2. The molecule has 3 rings (SSSR count). The molecule has 3 N–H and O–H groups in total.